The van der Waals surface area contributed by atoms with Gasteiger partial charge in [-0.3, -0.25) is 9.59 Å². The van der Waals surface area contributed by atoms with E-state index in [2.05, 4.69) is 5.32 Å². The van der Waals surface area contributed by atoms with Crippen LogP contribution in [0.15, 0.2) is 42.5 Å². The summed E-state index contributed by atoms with van der Waals surface area (Å²) in [5, 5.41) is 3.46. The standard InChI is InChI=1S/C24H31ClN2O3/c1-16(2)13-26-24(29)19(5)27(14-20-8-6-7-9-22(20)25)23(28)15-30-21-11-17(3)10-18(4)12-21/h6-12,16,19H,13-15H2,1-5H3,(H,26,29)/t19-/m1/s1. The Bertz CT molecular complexity index is 862. The van der Waals surface area contributed by atoms with Crippen LogP contribution in [-0.2, 0) is 16.1 Å². The lowest BCUT2D eigenvalue weighted by Gasteiger charge is -2.29. The zero-order valence-corrected chi connectivity index (χ0v) is 19.1. The van der Waals surface area contributed by atoms with Crippen molar-refractivity contribution < 1.29 is 14.3 Å². The Hall–Kier alpha value is -2.53. The molecule has 30 heavy (non-hydrogen) atoms. The van der Waals surface area contributed by atoms with Gasteiger partial charge in [0.2, 0.25) is 5.91 Å². The van der Waals surface area contributed by atoms with Crippen LogP contribution in [0, 0.1) is 19.8 Å². The normalized spacial score (nSPS) is 11.8. The lowest BCUT2D eigenvalue weighted by molar-refractivity contribution is -0.142. The van der Waals surface area contributed by atoms with E-state index >= 15 is 0 Å². The number of benzene rings is 2. The summed E-state index contributed by atoms with van der Waals surface area (Å²) in [6.45, 7) is 10.3. The van der Waals surface area contributed by atoms with Crippen molar-refractivity contribution >= 4 is 23.4 Å². The van der Waals surface area contributed by atoms with Crippen LogP contribution in [0.3, 0.4) is 0 Å². The van der Waals surface area contributed by atoms with Gasteiger partial charge in [-0.05, 0) is 61.6 Å². The Balaban J connectivity index is 2.17. The average Bonchev–Trinajstić information content (AvgIpc) is 2.68. The molecule has 0 saturated carbocycles. The second-order valence-corrected chi connectivity index (χ2v) is 8.45. The highest BCUT2D eigenvalue weighted by Gasteiger charge is 2.27. The van der Waals surface area contributed by atoms with Gasteiger partial charge < -0.3 is 15.0 Å². The SMILES string of the molecule is Cc1cc(C)cc(OCC(=O)N(Cc2ccccc2Cl)[C@H](C)C(=O)NCC(C)C)c1. The molecule has 0 aliphatic carbocycles. The molecule has 2 aromatic rings. The van der Waals surface area contributed by atoms with Gasteiger partial charge in [-0.25, -0.2) is 0 Å². The third kappa shape index (κ3) is 7.06. The fourth-order valence-corrected chi connectivity index (χ4v) is 3.28. The van der Waals surface area contributed by atoms with Crippen molar-refractivity contribution in [1.29, 1.82) is 0 Å². The number of aryl methyl sites for hydroxylation is 2. The lowest BCUT2D eigenvalue weighted by Crippen LogP contribution is -2.49. The third-order valence-corrected chi connectivity index (χ3v) is 5.08. The molecule has 5 nitrogen and oxygen atoms in total. The van der Waals surface area contributed by atoms with E-state index in [4.69, 9.17) is 16.3 Å². The number of carbonyl (C=O) groups is 2. The molecule has 0 radical (unpaired) electrons. The molecule has 0 heterocycles. The van der Waals surface area contributed by atoms with Gasteiger partial charge in [-0.1, -0.05) is 49.7 Å². The predicted molar refractivity (Wildman–Crippen MR) is 121 cm³/mol. The van der Waals surface area contributed by atoms with Crippen molar-refractivity contribution in [1.82, 2.24) is 10.2 Å². The number of amides is 2. The van der Waals surface area contributed by atoms with Gasteiger partial charge in [0.1, 0.15) is 11.8 Å². The van der Waals surface area contributed by atoms with E-state index in [1.165, 1.54) is 4.90 Å². The molecule has 0 bridgehead atoms. The van der Waals surface area contributed by atoms with E-state index in [0.717, 1.165) is 16.7 Å². The summed E-state index contributed by atoms with van der Waals surface area (Å²) in [5.41, 5.74) is 2.90. The van der Waals surface area contributed by atoms with Gasteiger partial charge >= 0.3 is 0 Å². The first-order valence-corrected chi connectivity index (χ1v) is 10.6. The van der Waals surface area contributed by atoms with E-state index in [1.54, 1.807) is 13.0 Å². The second kappa shape index (κ2) is 11.0. The smallest absolute Gasteiger partial charge is 0.261 e. The molecule has 0 spiro atoms. The Morgan fingerprint density at radius 3 is 2.30 bits per heavy atom. The second-order valence-electron chi connectivity index (χ2n) is 8.04. The summed E-state index contributed by atoms with van der Waals surface area (Å²) in [6.07, 6.45) is 0. The molecular weight excluding hydrogens is 400 g/mol. The van der Waals surface area contributed by atoms with Crippen molar-refractivity contribution in [2.45, 2.75) is 47.2 Å². The van der Waals surface area contributed by atoms with E-state index in [-0.39, 0.29) is 25.0 Å². The molecular formula is C24H31ClN2O3. The van der Waals surface area contributed by atoms with E-state index in [0.29, 0.717) is 23.2 Å². The summed E-state index contributed by atoms with van der Waals surface area (Å²) in [6, 6.07) is 12.5. The average molecular weight is 431 g/mol. The molecule has 0 aromatic heterocycles. The number of halogens is 1. The lowest BCUT2D eigenvalue weighted by atomic mass is 10.1. The van der Waals surface area contributed by atoms with Crippen molar-refractivity contribution in [3.05, 3.63) is 64.2 Å². The van der Waals surface area contributed by atoms with Gasteiger partial charge in [-0.2, -0.15) is 0 Å². The molecule has 0 saturated heterocycles. The maximum absolute atomic E-state index is 13.1. The van der Waals surface area contributed by atoms with Crippen molar-refractivity contribution in [3.63, 3.8) is 0 Å². The summed E-state index contributed by atoms with van der Waals surface area (Å²) in [5.74, 6) is 0.481. The third-order valence-electron chi connectivity index (χ3n) is 4.71. The Labute approximate surface area is 184 Å². The van der Waals surface area contributed by atoms with Crippen molar-refractivity contribution in [2.24, 2.45) is 5.92 Å². The molecule has 0 aliphatic heterocycles. The fraction of sp³-hybridized carbons (Fsp3) is 0.417. The van der Waals surface area contributed by atoms with Crippen LogP contribution in [0.1, 0.15) is 37.5 Å². The molecule has 2 aromatic carbocycles. The largest absolute Gasteiger partial charge is 0.484 e. The molecule has 0 fully saturated rings. The van der Waals surface area contributed by atoms with Crippen molar-refractivity contribution in [3.8, 4) is 5.75 Å². The molecule has 6 heteroatoms. The van der Waals surface area contributed by atoms with Crippen LogP contribution in [-0.4, -0.2) is 35.9 Å². The minimum Gasteiger partial charge on any atom is -0.484 e. The topological polar surface area (TPSA) is 58.6 Å². The van der Waals surface area contributed by atoms with Crippen LogP contribution in [0.5, 0.6) is 5.75 Å². The van der Waals surface area contributed by atoms with E-state index in [9.17, 15) is 9.59 Å². The maximum Gasteiger partial charge on any atom is 0.261 e. The number of carbonyl (C=O) groups excluding carboxylic acids is 2. The van der Waals surface area contributed by atoms with Crippen LogP contribution >= 0.6 is 11.6 Å². The van der Waals surface area contributed by atoms with Gasteiger partial charge in [0, 0.05) is 18.1 Å². The highest BCUT2D eigenvalue weighted by Crippen LogP contribution is 2.20. The highest BCUT2D eigenvalue weighted by molar-refractivity contribution is 6.31. The van der Waals surface area contributed by atoms with Gasteiger partial charge in [0.15, 0.2) is 6.61 Å². The maximum atomic E-state index is 13.1. The van der Waals surface area contributed by atoms with Crippen LogP contribution in [0.2, 0.25) is 5.02 Å². The highest BCUT2D eigenvalue weighted by atomic mass is 35.5. The minimum atomic E-state index is -0.657. The number of nitrogens with zero attached hydrogens (tertiary/aromatic N) is 1. The molecule has 1 atom stereocenters. The molecule has 0 unspecified atom stereocenters. The number of nitrogens with one attached hydrogen (secondary N) is 1. The predicted octanol–water partition coefficient (Wildman–Crippen LogP) is 4.53. The number of hydrogen-bond acceptors (Lipinski definition) is 3. The number of rotatable bonds is 9. The van der Waals surface area contributed by atoms with Gasteiger partial charge in [0.05, 0.1) is 0 Å². The zero-order valence-electron chi connectivity index (χ0n) is 18.4. The molecule has 2 amide bonds. The first-order valence-electron chi connectivity index (χ1n) is 10.2. The Morgan fingerprint density at radius 2 is 1.70 bits per heavy atom. The molecule has 2 rings (SSSR count). The quantitative estimate of drug-likeness (QED) is 0.636. The number of ether oxygens (including phenoxy) is 1. The van der Waals surface area contributed by atoms with Crippen LogP contribution in [0.25, 0.3) is 0 Å². The molecule has 162 valence electrons. The summed E-state index contributed by atoms with van der Waals surface area (Å²) < 4.78 is 5.75. The summed E-state index contributed by atoms with van der Waals surface area (Å²) in [7, 11) is 0. The Morgan fingerprint density at radius 1 is 1.07 bits per heavy atom. The first-order chi connectivity index (χ1) is 14.2. The monoisotopic (exact) mass is 430 g/mol. The Kier molecular flexibility index (Phi) is 8.72. The van der Waals surface area contributed by atoms with Crippen LogP contribution < -0.4 is 10.1 Å². The fourth-order valence-electron chi connectivity index (χ4n) is 3.09. The summed E-state index contributed by atoms with van der Waals surface area (Å²) in [4.78, 5) is 27.2. The minimum absolute atomic E-state index is 0.158. The molecule has 0 aliphatic rings. The van der Waals surface area contributed by atoms with Crippen LogP contribution in [0.4, 0.5) is 0 Å². The first kappa shape index (κ1) is 23.7. The molecule has 1 N–H and O–H groups in total. The zero-order chi connectivity index (χ0) is 22.3. The summed E-state index contributed by atoms with van der Waals surface area (Å²) >= 11 is 6.30. The number of hydrogen-bond donors (Lipinski definition) is 1. The van der Waals surface area contributed by atoms with Gasteiger partial charge in [0.25, 0.3) is 5.91 Å². The van der Waals surface area contributed by atoms with E-state index in [1.807, 2.05) is 64.1 Å². The van der Waals surface area contributed by atoms with Gasteiger partial charge in [-0.15, -0.1) is 0 Å². The van der Waals surface area contributed by atoms with E-state index < -0.39 is 6.04 Å². The van der Waals surface area contributed by atoms with Crippen molar-refractivity contribution in [2.75, 3.05) is 13.2 Å².